The zero-order valence-electron chi connectivity index (χ0n) is 11.1. The van der Waals surface area contributed by atoms with Crippen molar-refractivity contribution in [3.63, 3.8) is 0 Å². The lowest BCUT2D eigenvalue weighted by Gasteiger charge is -2.10. The van der Waals surface area contributed by atoms with E-state index in [-0.39, 0.29) is 18.1 Å². The van der Waals surface area contributed by atoms with Gasteiger partial charge in [0.05, 0.1) is 6.42 Å². The molecule has 2 aromatic carbocycles. The van der Waals surface area contributed by atoms with E-state index >= 15 is 0 Å². The first-order valence-electron chi connectivity index (χ1n) is 6.20. The summed E-state index contributed by atoms with van der Waals surface area (Å²) in [5, 5.41) is 12.5. The second-order valence-corrected chi connectivity index (χ2v) is 4.67. The number of amides is 1. The monoisotopic (exact) mass is 255 g/mol. The van der Waals surface area contributed by atoms with Gasteiger partial charge in [-0.1, -0.05) is 30.3 Å². The van der Waals surface area contributed by atoms with E-state index in [4.69, 9.17) is 0 Å². The van der Waals surface area contributed by atoms with Gasteiger partial charge < -0.3 is 10.4 Å². The van der Waals surface area contributed by atoms with Gasteiger partial charge in [-0.2, -0.15) is 0 Å². The molecule has 3 heteroatoms. The Hall–Kier alpha value is -2.29. The summed E-state index contributed by atoms with van der Waals surface area (Å²) in [6, 6.07) is 12.8. The number of nitrogens with one attached hydrogen (secondary N) is 1. The number of aryl methyl sites for hydroxylation is 2. The highest BCUT2D eigenvalue weighted by Gasteiger charge is 2.08. The SMILES string of the molecule is Cc1ccc(C)c(NC(=O)Cc2ccccc2O)c1. The summed E-state index contributed by atoms with van der Waals surface area (Å²) in [4.78, 5) is 12.0. The van der Waals surface area contributed by atoms with Gasteiger partial charge in [-0.3, -0.25) is 4.79 Å². The van der Waals surface area contributed by atoms with Crippen LogP contribution >= 0.6 is 0 Å². The van der Waals surface area contributed by atoms with E-state index in [1.54, 1.807) is 24.3 Å². The third-order valence-electron chi connectivity index (χ3n) is 3.01. The molecule has 0 aromatic heterocycles. The van der Waals surface area contributed by atoms with Crippen LogP contribution in [-0.2, 0) is 11.2 Å². The van der Waals surface area contributed by atoms with Crippen LogP contribution in [0.2, 0.25) is 0 Å². The molecule has 1 amide bonds. The minimum absolute atomic E-state index is 0.129. The molecule has 0 saturated carbocycles. The molecule has 0 aliphatic rings. The smallest absolute Gasteiger partial charge is 0.228 e. The maximum atomic E-state index is 12.0. The summed E-state index contributed by atoms with van der Waals surface area (Å²) in [7, 11) is 0. The molecule has 0 saturated heterocycles. The van der Waals surface area contributed by atoms with Crippen LogP contribution < -0.4 is 5.32 Å². The normalized spacial score (nSPS) is 10.2. The molecule has 2 aromatic rings. The number of benzene rings is 2. The summed E-state index contributed by atoms with van der Waals surface area (Å²) in [5.41, 5.74) is 3.57. The highest BCUT2D eigenvalue weighted by Crippen LogP contribution is 2.19. The van der Waals surface area contributed by atoms with Gasteiger partial charge in [-0.25, -0.2) is 0 Å². The predicted octanol–water partition coefficient (Wildman–Crippen LogP) is 3.19. The Labute approximate surface area is 112 Å². The van der Waals surface area contributed by atoms with Gasteiger partial charge in [0.1, 0.15) is 5.75 Å². The first kappa shape index (κ1) is 13.1. The number of aromatic hydroxyl groups is 1. The summed E-state index contributed by atoms with van der Waals surface area (Å²) < 4.78 is 0. The van der Waals surface area contributed by atoms with E-state index in [9.17, 15) is 9.90 Å². The van der Waals surface area contributed by atoms with E-state index < -0.39 is 0 Å². The number of anilines is 1. The van der Waals surface area contributed by atoms with Crippen molar-refractivity contribution in [2.45, 2.75) is 20.3 Å². The summed E-state index contributed by atoms with van der Waals surface area (Å²) >= 11 is 0. The molecule has 2 N–H and O–H groups in total. The number of phenols is 1. The topological polar surface area (TPSA) is 49.3 Å². The summed E-state index contributed by atoms with van der Waals surface area (Å²) in [6.45, 7) is 3.94. The van der Waals surface area contributed by atoms with Crippen LogP contribution in [0.15, 0.2) is 42.5 Å². The minimum atomic E-state index is -0.129. The van der Waals surface area contributed by atoms with Crippen molar-refractivity contribution in [2.24, 2.45) is 0 Å². The molecular formula is C16H17NO2. The predicted molar refractivity (Wildman–Crippen MR) is 76.4 cm³/mol. The number of phenolic OH excluding ortho intramolecular Hbond substituents is 1. The van der Waals surface area contributed by atoms with Crippen molar-refractivity contribution >= 4 is 11.6 Å². The third kappa shape index (κ3) is 3.35. The largest absolute Gasteiger partial charge is 0.508 e. The Morgan fingerprint density at radius 1 is 1.16 bits per heavy atom. The van der Waals surface area contributed by atoms with Gasteiger partial charge in [0.15, 0.2) is 0 Å². The van der Waals surface area contributed by atoms with Crippen molar-refractivity contribution < 1.29 is 9.90 Å². The first-order chi connectivity index (χ1) is 9.06. The lowest BCUT2D eigenvalue weighted by atomic mass is 10.1. The fourth-order valence-corrected chi connectivity index (χ4v) is 1.90. The van der Waals surface area contributed by atoms with E-state index in [0.29, 0.717) is 5.56 Å². The van der Waals surface area contributed by atoms with Gasteiger partial charge in [-0.05, 0) is 37.1 Å². The molecule has 0 heterocycles. The van der Waals surface area contributed by atoms with Gasteiger partial charge in [0.2, 0.25) is 5.91 Å². The zero-order chi connectivity index (χ0) is 13.8. The molecule has 19 heavy (non-hydrogen) atoms. The number of carbonyl (C=O) groups is 1. The van der Waals surface area contributed by atoms with Crippen molar-refractivity contribution in [1.82, 2.24) is 0 Å². The van der Waals surface area contributed by atoms with Gasteiger partial charge in [0, 0.05) is 11.3 Å². The minimum Gasteiger partial charge on any atom is -0.508 e. The molecule has 0 fully saturated rings. The second kappa shape index (κ2) is 5.57. The van der Waals surface area contributed by atoms with E-state index in [1.165, 1.54) is 0 Å². The van der Waals surface area contributed by atoms with Crippen LogP contribution in [0.1, 0.15) is 16.7 Å². The van der Waals surface area contributed by atoms with Crippen LogP contribution in [-0.4, -0.2) is 11.0 Å². The Morgan fingerprint density at radius 2 is 1.89 bits per heavy atom. The molecule has 0 spiro atoms. The van der Waals surface area contributed by atoms with E-state index in [1.807, 2.05) is 32.0 Å². The number of hydrogen-bond donors (Lipinski definition) is 2. The molecule has 3 nitrogen and oxygen atoms in total. The maximum absolute atomic E-state index is 12.0. The molecule has 0 unspecified atom stereocenters. The van der Waals surface area contributed by atoms with Crippen molar-refractivity contribution in [2.75, 3.05) is 5.32 Å². The molecular weight excluding hydrogens is 238 g/mol. The Kier molecular flexibility index (Phi) is 3.85. The second-order valence-electron chi connectivity index (χ2n) is 4.67. The average molecular weight is 255 g/mol. The quantitative estimate of drug-likeness (QED) is 0.885. The molecule has 98 valence electrons. The standard InChI is InChI=1S/C16H17NO2/c1-11-7-8-12(2)14(9-11)17-16(19)10-13-5-3-4-6-15(13)18/h3-9,18H,10H2,1-2H3,(H,17,19). The lowest BCUT2D eigenvalue weighted by molar-refractivity contribution is -0.115. The Balaban J connectivity index is 2.10. The van der Waals surface area contributed by atoms with E-state index in [2.05, 4.69) is 5.32 Å². The van der Waals surface area contributed by atoms with Gasteiger partial charge in [0.25, 0.3) is 0 Å². The zero-order valence-corrected chi connectivity index (χ0v) is 11.1. The van der Waals surface area contributed by atoms with Gasteiger partial charge >= 0.3 is 0 Å². The fraction of sp³-hybridized carbons (Fsp3) is 0.188. The Morgan fingerprint density at radius 3 is 2.63 bits per heavy atom. The lowest BCUT2D eigenvalue weighted by Crippen LogP contribution is -2.15. The number of carbonyl (C=O) groups excluding carboxylic acids is 1. The molecule has 0 atom stereocenters. The molecule has 0 radical (unpaired) electrons. The summed E-state index contributed by atoms with van der Waals surface area (Å²) in [6.07, 6.45) is 0.167. The van der Waals surface area contributed by atoms with Crippen LogP contribution in [0.3, 0.4) is 0 Å². The first-order valence-corrected chi connectivity index (χ1v) is 6.20. The Bertz CT molecular complexity index is 605. The van der Waals surface area contributed by atoms with Crippen LogP contribution in [0.4, 0.5) is 5.69 Å². The average Bonchev–Trinajstić information content (AvgIpc) is 2.37. The maximum Gasteiger partial charge on any atom is 0.228 e. The summed E-state index contributed by atoms with van der Waals surface area (Å²) in [5.74, 6) is 0.0221. The third-order valence-corrected chi connectivity index (χ3v) is 3.01. The molecule has 0 aliphatic carbocycles. The van der Waals surface area contributed by atoms with Crippen LogP contribution in [0.25, 0.3) is 0 Å². The highest BCUT2D eigenvalue weighted by molar-refractivity contribution is 5.93. The number of para-hydroxylation sites is 1. The van der Waals surface area contributed by atoms with Crippen molar-refractivity contribution in [1.29, 1.82) is 0 Å². The fourth-order valence-electron chi connectivity index (χ4n) is 1.90. The van der Waals surface area contributed by atoms with E-state index in [0.717, 1.165) is 16.8 Å². The number of hydrogen-bond acceptors (Lipinski definition) is 2. The van der Waals surface area contributed by atoms with Gasteiger partial charge in [-0.15, -0.1) is 0 Å². The number of rotatable bonds is 3. The highest BCUT2D eigenvalue weighted by atomic mass is 16.3. The molecule has 0 bridgehead atoms. The van der Waals surface area contributed by atoms with Crippen molar-refractivity contribution in [3.8, 4) is 5.75 Å². The van der Waals surface area contributed by atoms with Crippen LogP contribution in [0, 0.1) is 13.8 Å². The van der Waals surface area contributed by atoms with Crippen molar-refractivity contribution in [3.05, 3.63) is 59.2 Å². The van der Waals surface area contributed by atoms with Crippen LogP contribution in [0.5, 0.6) is 5.75 Å². The molecule has 0 aliphatic heterocycles. The molecule has 2 rings (SSSR count).